The number of aliphatic carboxylic acids is 1. The Labute approximate surface area is 207 Å². The zero-order valence-corrected chi connectivity index (χ0v) is 19.7. The Morgan fingerprint density at radius 3 is 2.50 bits per heavy atom. The van der Waals surface area contributed by atoms with Gasteiger partial charge in [-0.3, -0.25) is 19.4 Å². The monoisotopic (exact) mass is 492 g/mol. The van der Waals surface area contributed by atoms with Gasteiger partial charge in [-0.05, 0) is 23.3 Å². The van der Waals surface area contributed by atoms with Crippen molar-refractivity contribution < 1.29 is 24.3 Å². The molecule has 4 amide bonds. The van der Waals surface area contributed by atoms with E-state index >= 15 is 0 Å². The molecule has 2 aromatic heterocycles. The van der Waals surface area contributed by atoms with Crippen molar-refractivity contribution in [3.63, 3.8) is 0 Å². The average Bonchev–Trinajstić information content (AvgIpc) is 3.23. The summed E-state index contributed by atoms with van der Waals surface area (Å²) >= 11 is 0. The van der Waals surface area contributed by atoms with E-state index in [2.05, 4.69) is 26.3 Å². The summed E-state index contributed by atoms with van der Waals surface area (Å²) in [6.45, 7) is 0.331. The van der Waals surface area contributed by atoms with E-state index in [1.807, 2.05) is 30.3 Å². The number of anilines is 1. The van der Waals surface area contributed by atoms with Gasteiger partial charge in [0.2, 0.25) is 5.91 Å². The van der Waals surface area contributed by atoms with Crippen LogP contribution >= 0.6 is 0 Å². The number of nitrogens with zero attached hydrogens (tertiary/aromatic N) is 2. The summed E-state index contributed by atoms with van der Waals surface area (Å²) in [7, 11) is 1.67. The Kier molecular flexibility index (Phi) is 9.15. The minimum Gasteiger partial charge on any atom is -0.481 e. The van der Waals surface area contributed by atoms with Crippen molar-refractivity contribution in [3.05, 3.63) is 83.9 Å². The molecule has 0 aliphatic rings. The SMILES string of the molecule is Cn1cc(NC(=O)NCc2ccccc2)cc1C(=O)NCCC(=O)NCC(C(=O)O)c1cccnc1. The van der Waals surface area contributed by atoms with Gasteiger partial charge in [0.25, 0.3) is 5.91 Å². The molecule has 0 aliphatic heterocycles. The van der Waals surface area contributed by atoms with E-state index in [4.69, 9.17) is 0 Å². The molecule has 11 nitrogen and oxygen atoms in total. The Balaban J connectivity index is 1.42. The van der Waals surface area contributed by atoms with Gasteiger partial charge in [0, 0.05) is 51.7 Å². The maximum atomic E-state index is 12.5. The van der Waals surface area contributed by atoms with Gasteiger partial charge in [0.15, 0.2) is 0 Å². The van der Waals surface area contributed by atoms with Gasteiger partial charge in [-0.1, -0.05) is 36.4 Å². The number of carboxylic acid groups (broad SMARTS) is 1. The fourth-order valence-corrected chi connectivity index (χ4v) is 3.43. The Morgan fingerprint density at radius 1 is 1.03 bits per heavy atom. The normalized spacial score (nSPS) is 11.2. The van der Waals surface area contributed by atoms with Crippen LogP contribution < -0.4 is 21.3 Å². The second-order valence-corrected chi connectivity index (χ2v) is 8.01. The first-order valence-corrected chi connectivity index (χ1v) is 11.3. The van der Waals surface area contributed by atoms with Crippen LogP contribution in [-0.4, -0.2) is 51.6 Å². The highest BCUT2D eigenvalue weighted by Gasteiger charge is 2.21. The number of carbonyl (C=O) groups excluding carboxylic acids is 3. The van der Waals surface area contributed by atoms with Gasteiger partial charge in [-0.15, -0.1) is 0 Å². The molecule has 5 N–H and O–H groups in total. The molecule has 0 spiro atoms. The average molecular weight is 493 g/mol. The molecular formula is C25H28N6O5. The minimum absolute atomic E-state index is 0.0253. The van der Waals surface area contributed by atoms with Crippen LogP contribution in [0.3, 0.4) is 0 Å². The minimum atomic E-state index is -1.07. The number of hydrogen-bond acceptors (Lipinski definition) is 5. The lowest BCUT2D eigenvalue weighted by Gasteiger charge is -2.13. The van der Waals surface area contributed by atoms with E-state index < -0.39 is 29.7 Å². The van der Waals surface area contributed by atoms with E-state index in [-0.39, 0.29) is 19.5 Å². The predicted octanol–water partition coefficient (Wildman–Crippen LogP) is 1.85. The molecule has 0 saturated heterocycles. The van der Waals surface area contributed by atoms with Crippen molar-refractivity contribution in [2.24, 2.45) is 7.05 Å². The first-order valence-electron chi connectivity index (χ1n) is 11.3. The molecule has 0 aliphatic carbocycles. The first kappa shape index (κ1) is 25.9. The van der Waals surface area contributed by atoms with Crippen molar-refractivity contribution in [1.82, 2.24) is 25.5 Å². The fraction of sp³-hybridized carbons (Fsp3) is 0.240. The summed E-state index contributed by atoms with van der Waals surface area (Å²) in [5.41, 5.74) is 2.19. The Bertz CT molecular complexity index is 1200. The number of rotatable bonds is 11. The lowest BCUT2D eigenvalue weighted by atomic mass is 10.0. The lowest BCUT2D eigenvalue weighted by Crippen LogP contribution is -2.34. The summed E-state index contributed by atoms with van der Waals surface area (Å²) in [5.74, 6) is -2.80. The van der Waals surface area contributed by atoms with Crippen molar-refractivity contribution in [2.45, 2.75) is 18.9 Å². The molecule has 3 aromatic rings. The summed E-state index contributed by atoms with van der Waals surface area (Å²) in [4.78, 5) is 52.2. The highest BCUT2D eigenvalue weighted by Crippen LogP contribution is 2.14. The molecule has 0 saturated carbocycles. The summed E-state index contributed by atoms with van der Waals surface area (Å²) in [6.07, 6.45) is 4.56. The number of aryl methyl sites for hydroxylation is 1. The van der Waals surface area contributed by atoms with Crippen LogP contribution in [0.15, 0.2) is 67.1 Å². The number of nitrogens with one attached hydrogen (secondary N) is 4. The zero-order valence-electron chi connectivity index (χ0n) is 19.7. The molecule has 11 heteroatoms. The quantitative estimate of drug-likeness (QED) is 0.275. The fourth-order valence-electron chi connectivity index (χ4n) is 3.43. The molecule has 0 fully saturated rings. The molecule has 0 bridgehead atoms. The third-order valence-corrected chi connectivity index (χ3v) is 5.32. The van der Waals surface area contributed by atoms with Gasteiger partial charge < -0.3 is 30.9 Å². The van der Waals surface area contributed by atoms with Crippen molar-refractivity contribution in [1.29, 1.82) is 0 Å². The Hall–Kier alpha value is -4.67. The number of benzene rings is 1. The summed E-state index contributed by atoms with van der Waals surface area (Å²) in [5, 5.41) is 20.1. The van der Waals surface area contributed by atoms with Crippen LogP contribution in [0.2, 0.25) is 0 Å². The number of urea groups is 1. The van der Waals surface area contributed by atoms with Gasteiger partial charge in [-0.2, -0.15) is 0 Å². The largest absolute Gasteiger partial charge is 0.481 e. The second kappa shape index (κ2) is 12.7. The second-order valence-electron chi connectivity index (χ2n) is 8.01. The lowest BCUT2D eigenvalue weighted by molar-refractivity contribution is -0.138. The summed E-state index contributed by atoms with van der Waals surface area (Å²) in [6, 6.07) is 13.9. The standard InChI is InChI=1S/C25H28N6O5/c1-31-16-19(30-25(36)29-13-17-6-3-2-4-7-17)12-21(31)23(33)27-11-9-22(32)28-15-20(24(34)35)18-8-5-10-26-14-18/h2-8,10,12,14,16,20H,9,11,13,15H2,1H3,(H,27,33)(H,28,32)(H,34,35)(H2,29,30,36). The van der Waals surface area contributed by atoms with Crippen LogP contribution in [0.25, 0.3) is 0 Å². The molecular weight excluding hydrogens is 464 g/mol. The van der Waals surface area contributed by atoms with E-state index in [1.54, 1.807) is 29.9 Å². The summed E-state index contributed by atoms with van der Waals surface area (Å²) < 4.78 is 1.56. The molecule has 1 atom stereocenters. The number of amides is 4. The van der Waals surface area contributed by atoms with Gasteiger partial charge in [0.1, 0.15) is 11.6 Å². The first-order chi connectivity index (χ1) is 17.3. The smallest absolute Gasteiger partial charge is 0.319 e. The number of aromatic nitrogens is 2. The van der Waals surface area contributed by atoms with E-state index in [1.165, 1.54) is 18.5 Å². The molecule has 3 rings (SSSR count). The Morgan fingerprint density at radius 2 is 1.81 bits per heavy atom. The number of pyridine rings is 1. The third-order valence-electron chi connectivity index (χ3n) is 5.32. The van der Waals surface area contributed by atoms with Crippen LogP contribution in [0.4, 0.5) is 10.5 Å². The number of carbonyl (C=O) groups is 4. The molecule has 188 valence electrons. The number of carboxylic acids is 1. The van der Waals surface area contributed by atoms with Crippen LogP contribution in [-0.2, 0) is 23.2 Å². The maximum Gasteiger partial charge on any atom is 0.319 e. The van der Waals surface area contributed by atoms with E-state index in [0.717, 1.165) is 5.56 Å². The molecule has 2 heterocycles. The van der Waals surface area contributed by atoms with E-state index in [9.17, 15) is 24.3 Å². The van der Waals surface area contributed by atoms with Crippen molar-refractivity contribution in [2.75, 3.05) is 18.4 Å². The molecule has 1 aromatic carbocycles. The van der Waals surface area contributed by atoms with Crippen LogP contribution in [0, 0.1) is 0 Å². The van der Waals surface area contributed by atoms with Crippen LogP contribution in [0.5, 0.6) is 0 Å². The molecule has 0 radical (unpaired) electrons. The third kappa shape index (κ3) is 7.69. The van der Waals surface area contributed by atoms with Crippen molar-refractivity contribution in [3.8, 4) is 0 Å². The van der Waals surface area contributed by atoms with Crippen molar-refractivity contribution >= 4 is 29.5 Å². The maximum absolute atomic E-state index is 12.5. The van der Waals surface area contributed by atoms with Crippen LogP contribution in [0.1, 0.15) is 34.0 Å². The highest BCUT2D eigenvalue weighted by atomic mass is 16.4. The number of hydrogen-bond donors (Lipinski definition) is 5. The van der Waals surface area contributed by atoms with Gasteiger partial charge >= 0.3 is 12.0 Å². The van der Waals surface area contributed by atoms with Gasteiger partial charge in [-0.25, -0.2) is 4.79 Å². The van der Waals surface area contributed by atoms with E-state index in [0.29, 0.717) is 23.5 Å². The van der Waals surface area contributed by atoms with Gasteiger partial charge in [0.05, 0.1) is 5.69 Å². The highest BCUT2D eigenvalue weighted by molar-refractivity contribution is 5.96. The topological polar surface area (TPSA) is 154 Å². The molecule has 36 heavy (non-hydrogen) atoms. The predicted molar refractivity (Wildman–Crippen MR) is 132 cm³/mol. The molecule has 1 unspecified atom stereocenters. The zero-order chi connectivity index (χ0) is 25.9.